The van der Waals surface area contributed by atoms with Gasteiger partial charge in [0.05, 0.1) is 5.69 Å². The second-order valence-electron chi connectivity index (χ2n) is 15.3. The van der Waals surface area contributed by atoms with Gasteiger partial charge < -0.3 is 4.90 Å². The predicted octanol–water partition coefficient (Wildman–Crippen LogP) is 16.4. The molecule has 276 valence electrons. The van der Waals surface area contributed by atoms with E-state index in [0.717, 1.165) is 17.1 Å². The van der Waals surface area contributed by atoms with Gasteiger partial charge in [0.15, 0.2) is 0 Å². The second kappa shape index (κ2) is 14.6. The highest BCUT2D eigenvalue weighted by atomic mass is 15.1. The molecule has 59 heavy (non-hydrogen) atoms. The van der Waals surface area contributed by atoms with Gasteiger partial charge >= 0.3 is 0 Å². The van der Waals surface area contributed by atoms with Crippen molar-refractivity contribution in [3.8, 4) is 44.5 Å². The Kier molecular flexibility index (Phi) is 8.56. The molecule has 0 amide bonds. The lowest BCUT2D eigenvalue weighted by Gasteiger charge is -2.29. The molecule has 0 N–H and O–H groups in total. The van der Waals surface area contributed by atoms with E-state index in [1.165, 1.54) is 87.6 Å². The lowest BCUT2D eigenvalue weighted by Crippen LogP contribution is -2.11. The van der Waals surface area contributed by atoms with Crippen molar-refractivity contribution < 1.29 is 0 Å². The molecule has 0 saturated carbocycles. The molecule has 0 spiro atoms. The Morgan fingerprint density at radius 2 is 0.678 bits per heavy atom. The minimum atomic E-state index is 1.09. The minimum absolute atomic E-state index is 1.09. The van der Waals surface area contributed by atoms with Gasteiger partial charge in [-0.25, -0.2) is 0 Å². The Labute approximate surface area is 344 Å². The van der Waals surface area contributed by atoms with E-state index in [4.69, 9.17) is 0 Å². The van der Waals surface area contributed by atoms with E-state index in [9.17, 15) is 0 Å². The van der Waals surface area contributed by atoms with Gasteiger partial charge in [-0.05, 0) is 131 Å². The number of hydrogen-bond acceptors (Lipinski definition) is 1. The second-order valence-corrected chi connectivity index (χ2v) is 15.3. The van der Waals surface area contributed by atoms with Crippen molar-refractivity contribution in [3.63, 3.8) is 0 Å². The van der Waals surface area contributed by atoms with E-state index in [1.807, 2.05) is 0 Å². The van der Waals surface area contributed by atoms with E-state index < -0.39 is 0 Å². The standard InChI is InChI=1S/C58H39N/c1-3-16-40(17-4-1)42-30-33-47(34-31-42)59(48-23-15-22-43(36-48)41-18-5-2-6-19-41)58-35-32-46(55-37-44-20-7-9-24-49(44)51-26-11-13-28-53(51)55)39-57(58)56-38-45-21-8-10-25-50(45)52-27-12-14-29-54(52)56/h1-39H. The van der Waals surface area contributed by atoms with Gasteiger partial charge in [-0.2, -0.15) is 0 Å². The summed E-state index contributed by atoms with van der Waals surface area (Å²) in [4.78, 5) is 2.45. The summed E-state index contributed by atoms with van der Waals surface area (Å²) in [6.07, 6.45) is 0. The maximum atomic E-state index is 2.45. The molecule has 0 aliphatic heterocycles. The van der Waals surface area contributed by atoms with Crippen molar-refractivity contribution in [1.82, 2.24) is 0 Å². The summed E-state index contributed by atoms with van der Waals surface area (Å²) < 4.78 is 0. The van der Waals surface area contributed by atoms with E-state index in [1.54, 1.807) is 0 Å². The highest BCUT2D eigenvalue weighted by molar-refractivity contribution is 6.17. The molecule has 11 aromatic rings. The van der Waals surface area contributed by atoms with Crippen molar-refractivity contribution in [2.45, 2.75) is 0 Å². The monoisotopic (exact) mass is 749 g/mol. The Morgan fingerprint density at radius 3 is 1.31 bits per heavy atom. The first-order valence-corrected chi connectivity index (χ1v) is 20.3. The fraction of sp³-hybridized carbons (Fsp3) is 0. The van der Waals surface area contributed by atoms with E-state index in [0.29, 0.717) is 0 Å². The van der Waals surface area contributed by atoms with Crippen molar-refractivity contribution >= 4 is 60.2 Å². The lowest BCUT2D eigenvalue weighted by molar-refractivity contribution is 1.28. The minimum Gasteiger partial charge on any atom is -0.310 e. The summed E-state index contributed by atoms with van der Waals surface area (Å²) in [6, 6.07) is 86.4. The van der Waals surface area contributed by atoms with Crippen LogP contribution in [0.3, 0.4) is 0 Å². The van der Waals surface area contributed by atoms with E-state index >= 15 is 0 Å². The number of nitrogens with zero attached hydrogens (tertiary/aromatic N) is 1. The fourth-order valence-electron chi connectivity index (χ4n) is 9.00. The Morgan fingerprint density at radius 1 is 0.220 bits per heavy atom. The van der Waals surface area contributed by atoms with Crippen LogP contribution in [0.1, 0.15) is 0 Å². The molecule has 0 unspecified atom stereocenters. The molecule has 0 saturated heterocycles. The van der Waals surface area contributed by atoms with Gasteiger partial charge in [0.25, 0.3) is 0 Å². The Balaban J connectivity index is 1.21. The third-order valence-electron chi connectivity index (χ3n) is 11.8. The molecule has 0 atom stereocenters. The third kappa shape index (κ3) is 6.21. The zero-order valence-corrected chi connectivity index (χ0v) is 32.5. The third-order valence-corrected chi connectivity index (χ3v) is 11.8. The molecular formula is C58H39N. The van der Waals surface area contributed by atoms with Crippen LogP contribution in [0.4, 0.5) is 17.1 Å². The number of hydrogen-bond donors (Lipinski definition) is 0. The van der Waals surface area contributed by atoms with Gasteiger partial charge in [0, 0.05) is 16.9 Å². The Bertz CT molecular complexity index is 3310. The van der Waals surface area contributed by atoms with Crippen molar-refractivity contribution in [2.75, 3.05) is 4.90 Å². The van der Waals surface area contributed by atoms with Crippen molar-refractivity contribution in [2.24, 2.45) is 0 Å². The average Bonchev–Trinajstić information content (AvgIpc) is 3.32. The quantitative estimate of drug-likeness (QED) is 0.147. The van der Waals surface area contributed by atoms with Crippen LogP contribution in [0, 0.1) is 0 Å². The summed E-state index contributed by atoms with van der Waals surface area (Å²) in [6.45, 7) is 0. The van der Waals surface area contributed by atoms with Crippen LogP contribution in [0.5, 0.6) is 0 Å². The molecule has 0 bridgehead atoms. The molecule has 11 aromatic carbocycles. The van der Waals surface area contributed by atoms with E-state index in [2.05, 4.69) is 241 Å². The largest absolute Gasteiger partial charge is 0.310 e. The average molecular weight is 750 g/mol. The normalized spacial score (nSPS) is 11.4. The Hall–Kier alpha value is -7.74. The van der Waals surface area contributed by atoms with Gasteiger partial charge in [-0.15, -0.1) is 0 Å². The SMILES string of the molecule is c1ccc(-c2ccc(N(c3cccc(-c4ccccc4)c3)c3ccc(-c4cc5ccccc5c5ccccc45)cc3-c3cc4ccccc4c4ccccc34)cc2)cc1. The first-order valence-electron chi connectivity index (χ1n) is 20.3. The van der Waals surface area contributed by atoms with Crippen LogP contribution in [-0.4, -0.2) is 0 Å². The van der Waals surface area contributed by atoms with E-state index in [-0.39, 0.29) is 0 Å². The highest BCUT2D eigenvalue weighted by Crippen LogP contribution is 2.47. The molecule has 1 heteroatoms. The first kappa shape index (κ1) is 34.5. The number of fused-ring (bicyclic) bond motifs is 6. The fourth-order valence-corrected chi connectivity index (χ4v) is 9.00. The molecule has 11 rings (SSSR count). The number of rotatable bonds is 7. The molecule has 0 radical (unpaired) electrons. The first-order chi connectivity index (χ1) is 29.3. The molecule has 0 aliphatic carbocycles. The van der Waals surface area contributed by atoms with Crippen molar-refractivity contribution in [1.29, 1.82) is 0 Å². The molecule has 1 nitrogen and oxygen atoms in total. The van der Waals surface area contributed by atoms with Crippen LogP contribution in [0.15, 0.2) is 237 Å². The molecule has 0 aliphatic rings. The predicted molar refractivity (Wildman–Crippen MR) is 253 cm³/mol. The van der Waals surface area contributed by atoms with Crippen LogP contribution < -0.4 is 4.90 Å². The summed E-state index contributed by atoms with van der Waals surface area (Å²) in [5, 5.41) is 9.97. The van der Waals surface area contributed by atoms with Gasteiger partial charge in [-0.1, -0.05) is 188 Å². The topological polar surface area (TPSA) is 3.24 Å². The summed E-state index contributed by atoms with van der Waals surface area (Å²) in [5.74, 6) is 0. The number of benzene rings is 11. The summed E-state index contributed by atoms with van der Waals surface area (Å²) >= 11 is 0. The summed E-state index contributed by atoms with van der Waals surface area (Å²) in [5.41, 5.74) is 12.8. The molecule has 0 heterocycles. The molecular weight excluding hydrogens is 711 g/mol. The van der Waals surface area contributed by atoms with Gasteiger partial charge in [-0.3, -0.25) is 0 Å². The smallest absolute Gasteiger partial charge is 0.0540 e. The van der Waals surface area contributed by atoms with Gasteiger partial charge in [0.1, 0.15) is 0 Å². The summed E-state index contributed by atoms with van der Waals surface area (Å²) in [7, 11) is 0. The van der Waals surface area contributed by atoms with Crippen LogP contribution in [-0.2, 0) is 0 Å². The van der Waals surface area contributed by atoms with Crippen LogP contribution >= 0.6 is 0 Å². The van der Waals surface area contributed by atoms with Crippen LogP contribution in [0.2, 0.25) is 0 Å². The molecule has 0 fully saturated rings. The zero-order chi connectivity index (χ0) is 39.1. The number of anilines is 3. The van der Waals surface area contributed by atoms with Crippen LogP contribution in [0.25, 0.3) is 87.6 Å². The highest BCUT2D eigenvalue weighted by Gasteiger charge is 2.22. The lowest BCUT2D eigenvalue weighted by atomic mass is 9.88. The zero-order valence-electron chi connectivity index (χ0n) is 32.5. The maximum Gasteiger partial charge on any atom is 0.0540 e. The maximum absolute atomic E-state index is 2.45. The van der Waals surface area contributed by atoms with Crippen molar-refractivity contribution in [3.05, 3.63) is 237 Å². The van der Waals surface area contributed by atoms with Gasteiger partial charge in [0.2, 0.25) is 0 Å². The molecule has 0 aromatic heterocycles.